The van der Waals surface area contributed by atoms with Gasteiger partial charge < -0.3 is 15.7 Å². The molecule has 1 aliphatic rings. The van der Waals surface area contributed by atoms with Gasteiger partial charge in [0.05, 0.1) is 12.6 Å². The van der Waals surface area contributed by atoms with Crippen molar-refractivity contribution in [3.05, 3.63) is 34.9 Å². The van der Waals surface area contributed by atoms with Crippen LogP contribution in [0.2, 0.25) is 0 Å². The van der Waals surface area contributed by atoms with Crippen LogP contribution in [0.1, 0.15) is 47.2 Å². The lowest BCUT2D eigenvalue weighted by Gasteiger charge is -2.25. The Morgan fingerprint density at radius 2 is 1.96 bits per heavy atom. The highest BCUT2D eigenvalue weighted by molar-refractivity contribution is 5.96. The molecule has 5 heteroatoms. The van der Waals surface area contributed by atoms with Crippen molar-refractivity contribution in [2.75, 3.05) is 13.1 Å². The zero-order valence-corrected chi connectivity index (χ0v) is 13.9. The Hall–Kier alpha value is -1.88. The Labute approximate surface area is 137 Å². The van der Waals surface area contributed by atoms with E-state index in [-0.39, 0.29) is 24.5 Å². The summed E-state index contributed by atoms with van der Waals surface area (Å²) in [5.74, 6) is -0.100. The molecule has 1 aromatic carbocycles. The van der Waals surface area contributed by atoms with E-state index in [9.17, 15) is 14.7 Å². The predicted molar refractivity (Wildman–Crippen MR) is 89.2 cm³/mol. The van der Waals surface area contributed by atoms with Crippen molar-refractivity contribution >= 4 is 11.8 Å². The summed E-state index contributed by atoms with van der Waals surface area (Å²) in [6, 6.07) is 5.49. The Kier molecular flexibility index (Phi) is 6.16. The third-order valence-corrected chi connectivity index (χ3v) is 4.52. The fourth-order valence-corrected chi connectivity index (χ4v) is 2.91. The van der Waals surface area contributed by atoms with Gasteiger partial charge in [-0.2, -0.15) is 0 Å². The second kappa shape index (κ2) is 8.11. The van der Waals surface area contributed by atoms with Crippen LogP contribution < -0.4 is 10.6 Å². The van der Waals surface area contributed by atoms with Crippen molar-refractivity contribution in [1.82, 2.24) is 10.6 Å². The number of aliphatic hydroxyl groups excluding tert-OH is 1. The SMILES string of the molecule is Cc1ccc(C(=O)NCC(=O)NCC2CCCC(O)C2)cc1C. The van der Waals surface area contributed by atoms with E-state index in [2.05, 4.69) is 10.6 Å². The van der Waals surface area contributed by atoms with Crippen molar-refractivity contribution in [1.29, 1.82) is 0 Å². The third kappa shape index (κ3) is 5.36. The first kappa shape index (κ1) is 17.5. The summed E-state index contributed by atoms with van der Waals surface area (Å²) >= 11 is 0. The molecule has 0 saturated heterocycles. The van der Waals surface area contributed by atoms with Crippen molar-refractivity contribution in [2.24, 2.45) is 5.92 Å². The molecule has 0 radical (unpaired) electrons. The summed E-state index contributed by atoms with van der Waals surface area (Å²) in [5, 5.41) is 15.1. The normalized spacial score (nSPS) is 20.8. The van der Waals surface area contributed by atoms with E-state index in [1.54, 1.807) is 6.07 Å². The molecule has 1 aromatic rings. The van der Waals surface area contributed by atoms with E-state index in [0.717, 1.165) is 36.8 Å². The lowest BCUT2D eigenvalue weighted by molar-refractivity contribution is -0.120. The standard InChI is InChI=1S/C18H26N2O3/c1-12-6-7-15(8-13(12)2)18(23)20-11-17(22)19-10-14-4-3-5-16(21)9-14/h6-8,14,16,21H,3-5,9-11H2,1-2H3,(H,19,22)(H,20,23). The molecule has 2 atom stereocenters. The third-order valence-electron chi connectivity index (χ3n) is 4.52. The molecule has 0 aromatic heterocycles. The zero-order chi connectivity index (χ0) is 16.8. The predicted octanol–water partition coefficient (Wildman–Crippen LogP) is 1.70. The molecule has 3 N–H and O–H groups in total. The maximum absolute atomic E-state index is 12.0. The fraction of sp³-hybridized carbons (Fsp3) is 0.556. The van der Waals surface area contributed by atoms with Crippen LogP contribution in [0.25, 0.3) is 0 Å². The summed E-state index contributed by atoms with van der Waals surface area (Å²) in [6.07, 6.45) is 3.40. The highest BCUT2D eigenvalue weighted by atomic mass is 16.3. The number of nitrogens with one attached hydrogen (secondary N) is 2. The number of carbonyl (C=O) groups is 2. The van der Waals surface area contributed by atoms with E-state index < -0.39 is 0 Å². The Bertz CT molecular complexity index is 571. The van der Waals surface area contributed by atoms with E-state index in [4.69, 9.17) is 0 Å². The van der Waals surface area contributed by atoms with Crippen LogP contribution in [0.3, 0.4) is 0 Å². The first-order valence-electron chi connectivity index (χ1n) is 8.26. The average Bonchev–Trinajstić information content (AvgIpc) is 2.53. The van der Waals surface area contributed by atoms with Crippen LogP contribution in [-0.4, -0.2) is 36.1 Å². The number of amides is 2. The van der Waals surface area contributed by atoms with Gasteiger partial charge in [-0.05, 0) is 62.3 Å². The second-order valence-corrected chi connectivity index (χ2v) is 6.47. The maximum atomic E-state index is 12.0. The molecule has 0 bridgehead atoms. The zero-order valence-electron chi connectivity index (χ0n) is 13.9. The smallest absolute Gasteiger partial charge is 0.251 e. The minimum atomic E-state index is -0.241. The number of hydrogen-bond acceptors (Lipinski definition) is 3. The van der Waals surface area contributed by atoms with Crippen molar-refractivity contribution in [2.45, 2.75) is 45.6 Å². The van der Waals surface area contributed by atoms with E-state index >= 15 is 0 Å². The van der Waals surface area contributed by atoms with Gasteiger partial charge in [-0.25, -0.2) is 0 Å². The molecular formula is C18H26N2O3. The molecule has 0 spiro atoms. The molecule has 2 rings (SSSR count). The number of aliphatic hydroxyl groups is 1. The van der Waals surface area contributed by atoms with E-state index in [0.29, 0.717) is 18.0 Å². The Balaban J connectivity index is 1.73. The molecule has 2 unspecified atom stereocenters. The highest BCUT2D eigenvalue weighted by Crippen LogP contribution is 2.23. The van der Waals surface area contributed by atoms with Gasteiger partial charge in [0.15, 0.2) is 0 Å². The second-order valence-electron chi connectivity index (χ2n) is 6.47. The van der Waals surface area contributed by atoms with Crippen molar-refractivity contribution in [3.8, 4) is 0 Å². The molecule has 23 heavy (non-hydrogen) atoms. The molecular weight excluding hydrogens is 292 g/mol. The van der Waals surface area contributed by atoms with Gasteiger partial charge in [0.1, 0.15) is 0 Å². The largest absolute Gasteiger partial charge is 0.393 e. The topological polar surface area (TPSA) is 78.4 Å². The van der Waals surface area contributed by atoms with Crippen molar-refractivity contribution in [3.63, 3.8) is 0 Å². The number of benzene rings is 1. The molecule has 1 fully saturated rings. The molecule has 1 saturated carbocycles. The fourth-order valence-electron chi connectivity index (χ4n) is 2.91. The number of carbonyl (C=O) groups excluding carboxylic acids is 2. The van der Waals surface area contributed by atoms with Crippen molar-refractivity contribution < 1.29 is 14.7 Å². The first-order chi connectivity index (χ1) is 11.0. The van der Waals surface area contributed by atoms with Gasteiger partial charge in [0, 0.05) is 12.1 Å². The van der Waals surface area contributed by atoms with Gasteiger partial charge in [-0.3, -0.25) is 9.59 Å². The van der Waals surface area contributed by atoms with Crippen LogP contribution >= 0.6 is 0 Å². The van der Waals surface area contributed by atoms with E-state index in [1.165, 1.54) is 0 Å². The number of aryl methyl sites for hydroxylation is 2. The average molecular weight is 318 g/mol. The number of hydrogen-bond donors (Lipinski definition) is 3. The molecule has 126 valence electrons. The lowest BCUT2D eigenvalue weighted by atomic mass is 9.87. The first-order valence-corrected chi connectivity index (χ1v) is 8.26. The van der Waals surface area contributed by atoms with Gasteiger partial charge in [-0.1, -0.05) is 12.5 Å². The minimum absolute atomic E-state index is 0.0268. The van der Waals surface area contributed by atoms with Gasteiger partial charge >= 0.3 is 0 Å². The van der Waals surface area contributed by atoms with Crippen LogP contribution in [0.5, 0.6) is 0 Å². The van der Waals surface area contributed by atoms with Crippen LogP contribution in [0.4, 0.5) is 0 Å². The number of rotatable bonds is 5. The van der Waals surface area contributed by atoms with Gasteiger partial charge in [-0.15, -0.1) is 0 Å². The maximum Gasteiger partial charge on any atom is 0.251 e. The summed E-state index contributed by atoms with van der Waals surface area (Å²) in [7, 11) is 0. The minimum Gasteiger partial charge on any atom is -0.393 e. The Morgan fingerprint density at radius 1 is 1.17 bits per heavy atom. The van der Waals surface area contributed by atoms with Crippen LogP contribution in [-0.2, 0) is 4.79 Å². The van der Waals surface area contributed by atoms with Gasteiger partial charge in [0.25, 0.3) is 5.91 Å². The van der Waals surface area contributed by atoms with Crippen LogP contribution in [0.15, 0.2) is 18.2 Å². The summed E-state index contributed by atoms with van der Waals surface area (Å²) in [4.78, 5) is 23.9. The van der Waals surface area contributed by atoms with E-state index in [1.807, 2.05) is 26.0 Å². The van der Waals surface area contributed by atoms with Gasteiger partial charge in [0.2, 0.25) is 5.91 Å². The molecule has 0 heterocycles. The van der Waals surface area contributed by atoms with Crippen LogP contribution in [0, 0.1) is 19.8 Å². The summed E-state index contributed by atoms with van der Waals surface area (Å²) in [6.45, 7) is 4.49. The Morgan fingerprint density at radius 3 is 2.65 bits per heavy atom. The molecule has 5 nitrogen and oxygen atoms in total. The molecule has 2 amide bonds. The molecule has 0 aliphatic heterocycles. The monoisotopic (exact) mass is 318 g/mol. The summed E-state index contributed by atoms with van der Waals surface area (Å²) < 4.78 is 0. The molecule has 1 aliphatic carbocycles. The quantitative estimate of drug-likeness (QED) is 0.773. The summed E-state index contributed by atoms with van der Waals surface area (Å²) in [5.41, 5.74) is 2.75. The lowest BCUT2D eigenvalue weighted by Crippen LogP contribution is -2.40. The highest BCUT2D eigenvalue weighted by Gasteiger charge is 2.20.